The number of methoxy groups -OCH3 is 1. The van der Waals surface area contributed by atoms with Crippen LogP contribution in [0.15, 0.2) is 66.2 Å². The zero-order valence-corrected chi connectivity index (χ0v) is 17.1. The Balaban J connectivity index is 1.78. The zero-order valence-electron chi connectivity index (χ0n) is 17.1. The Kier molecular flexibility index (Phi) is 4.02. The van der Waals surface area contributed by atoms with Crippen LogP contribution in [-0.2, 0) is 4.79 Å². The topological polar surface area (TPSA) is 38.3 Å². The van der Waals surface area contributed by atoms with E-state index in [1.807, 2.05) is 18.2 Å². The molecule has 0 spiro atoms. The molecule has 29 heavy (non-hydrogen) atoms. The van der Waals surface area contributed by atoms with Crippen LogP contribution in [0.2, 0.25) is 0 Å². The fourth-order valence-electron chi connectivity index (χ4n) is 4.89. The number of carbonyl (C=O) groups is 1. The van der Waals surface area contributed by atoms with Crippen LogP contribution < -0.4 is 10.1 Å². The van der Waals surface area contributed by atoms with Gasteiger partial charge in [-0.15, -0.1) is 0 Å². The largest absolute Gasteiger partial charge is 0.496 e. The first-order valence-corrected chi connectivity index (χ1v) is 10.2. The van der Waals surface area contributed by atoms with E-state index in [2.05, 4.69) is 61.6 Å². The molecule has 3 aromatic carbocycles. The van der Waals surface area contributed by atoms with Gasteiger partial charge >= 0.3 is 0 Å². The van der Waals surface area contributed by atoms with Crippen LogP contribution in [0.1, 0.15) is 43.9 Å². The van der Waals surface area contributed by atoms with E-state index in [-0.39, 0.29) is 17.2 Å². The fraction of sp³-hybridized carbons (Fsp3) is 0.269. The van der Waals surface area contributed by atoms with Gasteiger partial charge in [0, 0.05) is 28.8 Å². The second-order valence-corrected chi connectivity index (χ2v) is 8.90. The van der Waals surface area contributed by atoms with Gasteiger partial charge in [0.2, 0.25) is 0 Å². The molecule has 2 aliphatic rings. The Bertz CT molecular complexity index is 1170. The molecule has 0 fully saturated rings. The van der Waals surface area contributed by atoms with Crippen LogP contribution in [-0.4, -0.2) is 12.9 Å². The summed E-state index contributed by atoms with van der Waals surface area (Å²) in [5.74, 6) is 1.04. The maximum Gasteiger partial charge on any atom is 0.162 e. The first kappa shape index (κ1) is 18.0. The summed E-state index contributed by atoms with van der Waals surface area (Å²) in [5, 5.41) is 6.08. The van der Waals surface area contributed by atoms with E-state index in [0.29, 0.717) is 6.42 Å². The molecule has 0 saturated carbocycles. The Morgan fingerprint density at radius 2 is 1.66 bits per heavy atom. The van der Waals surface area contributed by atoms with E-state index in [1.165, 1.54) is 16.3 Å². The van der Waals surface area contributed by atoms with Gasteiger partial charge in [-0.3, -0.25) is 4.79 Å². The predicted molar refractivity (Wildman–Crippen MR) is 118 cm³/mol. The fourth-order valence-corrected chi connectivity index (χ4v) is 4.89. The summed E-state index contributed by atoms with van der Waals surface area (Å²) < 4.78 is 5.64. The van der Waals surface area contributed by atoms with Crippen LogP contribution in [0.3, 0.4) is 0 Å². The third kappa shape index (κ3) is 2.93. The lowest BCUT2D eigenvalue weighted by atomic mass is 9.68. The molecule has 1 heterocycles. The van der Waals surface area contributed by atoms with Crippen molar-refractivity contribution in [2.75, 3.05) is 12.4 Å². The Morgan fingerprint density at radius 3 is 2.41 bits per heavy atom. The number of benzene rings is 3. The van der Waals surface area contributed by atoms with Gasteiger partial charge in [0.1, 0.15) is 5.75 Å². The summed E-state index contributed by atoms with van der Waals surface area (Å²) >= 11 is 0. The van der Waals surface area contributed by atoms with Crippen molar-refractivity contribution in [3.8, 4) is 5.75 Å². The number of ketones is 1. The molecule has 0 bridgehead atoms. The number of anilines is 1. The molecule has 0 amide bonds. The number of fused-ring (bicyclic) bond motifs is 3. The minimum Gasteiger partial charge on any atom is -0.496 e. The van der Waals surface area contributed by atoms with Crippen LogP contribution >= 0.6 is 0 Å². The molecule has 3 heteroatoms. The Hall–Kier alpha value is -3.07. The van der Waals surface area contributed by atoms with Gasteiger partial charge in [-0.2, -0.15) is 0 Å². The number of nitrogens with one attached hydrogen (secondary N) is 1. The van der Waals surface area contributed by atoms with Crippen LogP contribution in [0, 0.1) is 5.41 Å². The SMILES string of the molecule is COc1ccccc1C1Nc2cc3ccccc3cc2C2=C1C(=O)CC(C)(C)C2. The van der Waals surface area contributed by atoms with Gasteiger partial charge in [0.25, 0.3) is 0 Å². The summed E-state index contributed by atoms with van der Waals surface area (Å²) in [7, 11) is 1.68. The van der Waals surface area contributed by atoms with Gasteiger partial charge in [-0.25, -0.2) is 0 Å². The van der Waals surface area contributed by atoms with E-state index >= 15 is 0 Å². The first-order valence-electron chi connectivity index (χ1n) is 10.2. The number of hydrogen-bond acceptors (Lipinski definition) is 3. The summed E-state index contributed by atoms with van der Waals surface area (Å²) in [4.78, 5) is 13.4. The lowest BCUT2D eigenvalue weighted by Crippen LogP contribution is -2.33. The standard InChI is InChI=1S/C26H25NO2/c1-26(2)14-20-19-12-16-8-4-5-9-17(16)13-21(19)27-25(24(20)22(28)15-26)18-10-6-7-11-23(18)29-3/h4-13,25,27H,14-15H2,1-3H3. The van der Waals surface area contributed by atoms with Crippen molar-refractivity contribution >= 4 is 27.8 Å². The molecule has 3 aromatic rings. The maximum atomic E-state index is 13.4. The summed E-state index contributed by atoms with van der Waals surface area (Å²) in [6.45, 7) is 4.38. The third-order valence-electron chi connectivity index (χ3n) is 6.17. The smallest absolute Gasteiger partial charge is 0.162 e. The highest BCUT2D eigenvalue weighted by Gasteiger charge is 2.40. The lowest BCUT2D eigenvalue weighted by molar-refractivity contribution is -0.118. The number of allylic oxidation sites excluding steroid dienone is 1. The number of ether oxygens (including phenoxy) is 1. The van der Waals surface area contributed by atoms with Crippen LogP contribution in [0.4, 0.5) is 5.69 Å². The summed E-state index contributed by atoms with van der Waals surface area (Å²) in [5.41, 5.74) is 5.30. The highest BCUT2D eigenvalue weighted by molar-refractivity contribution is 6.10. The Labute approximate surface area is 171 Å². The van der Waals surface area contributed by atoms with Crippen LogP contribution in [0.5, 0.6) is 5.75 Å². The second-order valence-electron chi connectivity index (χ2n) is 8.90. The molecule has 0 radical (unpaired) electrons. The molecule has 0 aromatic heterocycles. The molecule has 1 unspecified atom stereocenters. The highest BCUT2D eigenvalue weighted by atomic mass is 16.5. The first-order chi connectivity index (χ1) is 14.0. The van der Waals surface area contributed by atoms with Crippen molar-refractivity contribution in [3.05, 3.63) is 77.4 Å². The minimum atomic E-state index is -0.196. The summed E-state index contributed by atoms with van der Waals surface area (Å²) in [6, 6.07) is 20.6. The van der Waals surface area contributed by atoms with E-state index in [4.69, 9.17) is 4.74 Å². The third-order valence-corrected chi connectivity index (χ3v) is 6.17. The van der Waals surface area contributed by atoms with Crippen LogP contribution in [0.25, 0.3) is 16.3 Å². The predicted octanol–water partition coefficient (Wildman–Crippen LogP) is 6.16. The molecule has 3 nitrogen and oxygen atoms in total. The number of rotatable bonds is 2. The molecule has 146 valence electrons. The van der Waals surface area contributed by atoms with Crippen molar-refractivity contribution in [1.82, 2.24) is 0 Å². The van der Waals surface area contributed by atoms with Crippen molar-refractivity contribution < 1.29 is 9.53 Å². The average molecular weight is 383 g/mol. The van der Waals surface area contributed by atoms with E-state index in [1.54, 1.807) is 7.11 Å². The quantitative estimate of drug-likeness (QED) is 0.576. The van der Waals surface area contributed by atoms with Gasteiger partial charge in [-0.05, 0) is 46.4 Å². The molecular weight excluding hydrogens is 358 g/mol. The maximum absolute atomic E-state index is 13.4. The molecule has 5 rings (SSSR count). The number of Topliss-reactive ketones (excluding diaryl/α,β-unsaturated/α-hetero) is 1. The number of hydrogen-bond donors (Lipinski definition) is 1. The minimum absolute atomic E-state index is 0.0402. The van der Waals surface area contributed by atoms with Gasteiger partial charge in [-0.1, -0.05) is 56.3 Å². The van der Waals surface area contributed by atoms with E-state index in [0.717, 1.165) is 34.6 Å². The van der Waals surface area contributed by atoms with Gasteiger partial charge in [0.05, 0.1) is 13.2 Å². The lowest BCUT2D eigenvalue weighted by Gasteiger charge is -2.40. The summed E-state index contributed by atoms with van der Waals surface area (Å²) in [6.07, 6.45) is 1.47. The van der Waals surface area contributed by atoms with E-state index in [9.17, 15) is 4.79 Å². The molecule has 1 N–H and O–H groups in total. The molecule has 0 saturated heterocycles. The normalized spacial score (nSPS) is 20.1. The zero-order chi connectivity index (χ0) is 20.2. The second kappa shape index (κ2) is 6.48. The van der Waals surface area contributed by atoms with Gasteiger partial charge in [0.15, 0.2) is 5.78 Å². The van der Waals surface area contributed by atoms with E-state index < -0.39 is 0 Å². The molecule has 1 aliphatic heterocycles. The van der Waals surface area contributed by atoms with Crippen molar-refractivity contribution in [2.24, 2.45) is 5.41 Å². The average Bonchev–Trinajstić information content (AvgIpc) is 2.71. The molecule has 1 aliphatic carbocycles. The Morgan fingerprint density at radius 1 is 0.966 bits per heavy atom. The van der Waals surface area contributed by atoms with Crippen molar-refractivity contribution in [2.45, 2.75) is 32.7 Å². The highest BCUT2D eigenvalue weighted by Crippen LogP contribution is 2.51. The van der Waals surface area contributed by atoms with Crippen molar-refractivity contribution in [1.29, 1.82) is 0 Å². The number of para-hydroxylation sites is 1. The monoisotopic (exact) mass is 383 g/mol. The molecular formula is C26H25NO2. The van der Waals surface area contributed by atoms with Crippen molar-refractivity contribution in [3.63, 3.8) is 0 Å². The number of carbonyl (C=O) groups excluding carboxylic acids is 1. The molecule has 1 atom stereocenters. The van der Waals surface area contributed by atoms with Gasteiger partial charge < -0.3 is 10.1 Å².